The van der Waals surface area contributed by atoms with Crippen molar-refractivity contribution in [3.8, 4) is 0 Å². The Morgan fingerprint density at radius 3 is 2.42 bits per heavy atom. The molecular formula is C21H24ClFN2O. The van der Waals surface area contributed by atoms with Gasteiger partial charge in [0, 0.05) is 25.0 Å². The molecule has 26 heavy (non-hydrogen) atoms. The van der Waals surface area contributed by atoms with Crippen LogP contribution in [0.3, 0.4) is 0 Å². The molecule has 2 aliphatic rings. The van der Waals surface area contributed by atoms with E-state index < -0.39 is 5.41 Å². The number of nitrogens with zero attached hydrogens (tertiary/aromatic N) is 1. The predicted molar refractivity (Wildman–Crippen MR) is 103 cm³/mol. The molecule has 1 heterocycles. The summed E-state index contributed by atoms with van der Waals surface area (Å²) in [6, 6.07) is 16.6. The van der Waals surface area contributed by atoms with E-state index in [2.05, 4.69) is 12.1 Å². The van der Waals surface area contributed by atoms with Crippen molar-refractivity contribution in [3.05, 3.63) is 71.5 Å². The Kier molecular flexibility index (Phi) is 5.35. The SMILES string of the molecule is Cl.N[C@@H]1CN(C(=O)C2(c3cccc(F)c3)CCC2)C[C@H]1c1ccccc1. The van der Waals surface area contributed by atoms with Crippen molar-refractivity contribution >= 4 is 18.3 Å². The van der Waals surface area contributed by atoms with Gasteiger partial charge in [0.25, 0.3) is 0 Å². The van der Waals surface area contributed by atoms with Gasteiger partial charge in [-0.05, 0) is 36.1 Å². The molecule has 2 aromatic carbocycles. The lowest BCUT2D eigenvalue weighted by atomic mass is 9.63. The minimum absolute atomic E-state index is 0. The third-order valence-electron chi connectivity index (χ3n) is 5.87. The first kappa shape index (κ1) is 18.9. The minimum atomic E-state index is -0.562. The van der Waals surface area contributed by atoms with Crippen molar-refractivity contribution in [2.24, 2.45) is 5.73 Å². The Bertz CT molecular complexity index is 779. The monoisotopic (exact) mass is 374 g/mol. The van der Waals surface area contributed by atoms with Gasteiger partial charge in [-0.1, -0.05) is 48.9 Å². The highest BCUT2D eigenvalue weighted by atomic mass is 35.5. The van der Waals surface area contributed by atoms with Crippen LogP contribution in [0.25, 0.3) is 0 Å². The quantitative estimate of drug-likeness (QED) is 0.891. The van der Waals surface area contributed by atoms with E-state index in [9.17, 15) is 9.18 Å². The number of nitrogens with two attached hydrogens (primary N) is 1. The number of carbonyl (C=O) groups is 1. The zero-order chi connectivity index (χ0) is 17.4. The van der Waals surface area contributed by atoms with E-state index in [-0.39, 0.29) is 36.1 Å². The van der Waals surface area contributed by atoms with Crippen molar-refractivity contribution in [2.45, 2.75) is 36.6 Å². The van der Waals surface area contributed by atoms with Crippen LogP contribution in [-0.2, 0) is 10.2 Å². The van der Waals surface area contributed by atoms with Crippen LogP contribution in [0.1, 0.15) is 36.3 Å². The molecular weight excluding hydrogens is 351 g/mol. The highest BCUT2D eigenvalue weighted by Gasteiger charge is 2.49. The Morgan fingerprint density at radius 1 is 1.08 bits per heavy atom. The maximum atomic E-state index is 13.7. The van der Waals surface area contributed by atoms with Crippen molar-refractivity contribution in [1.82, 2.24) is 4.90 Å². The van der Waals surface area contributed by atoms with Crippen molar-refractivity contribution in [3.63, 3.8) is 0 Å². The molecule has 0 radical (unpaired) electrons. The fourth-order valence-electron chi connectivity index (χ4n) is 4.29. The van der Waals surface area contributed by atoms with E-state index in [0.29, 0.717) is 13.1 Å². The third kappa shape index (κ3) is 3.12. The van der Waals surface area contributed by atoms with Crippen molar-refractivity contribution < 1.29 is 9.18 Å². The van der Waals surface area contributed by atoms with E-state index in [1.165, 1.54) is 17.7 Å². The Hall–Kier alpha value is -1.91. The van der Waals surface area contributed by atoms with Gasteiger partial charge in [-0.3, -0.25) is 4.79 Å². The van der Waals surface area contributed by atoms with E-state index in [1.807, 2.05) is 29.2 Å². The average Bonchev–Trinajstić information content (AvgIpc) is 2.96. The second-order valence-electron chi connectivity index (χ2n) is 7.34. The van der Waals surface area contributed by atoms with Crippen molar-refractivity contribution in [2.75, 3.05) is 13.1 Å². The second-order valence-corrected chi connectivity index (χ2v) is 7.34. The molecule has 1 saturated heterocycles. The fraction of sp³-hybridized carbons (Fsp3) is 0.381. The fourth-order valence-corrected chi connectivity index (χ4v) is 4.29. The second kappa shape index (κ2) is 7.37. The van der Waals surface area contributed by atoms with Crippen LogP contribution in [0.4, 0.5) is 4.39 Å². The average molecular weight is 375 g/mol. The lowest BCUT2D eigenvalue weighted by Gasteiger charge is -2.43. The molecule has 0 unspecified atom stereocenters. The topological polar surface area (TPSA) is 46.3 Å². The molecule has 2 fully saturated rings. The van der Waals surface area contributed by atoms with E-state index in [4.69, 9.17) is 5.73 Å². The molecule has 138 valence electrons. The zero-order valence-electron chi connectivity index (χ0n) is 14.6. The highest BCUT2D eigenvalue weighted by Crippen LogP contribution is 2.46. The Labute approximate surface area is 159 Å². The largest absolute Gasteiger partial charge is 0.340 e. The lowest BCUT2D eigenvalue weighted by molar-refractivity contribution is -0.139. The van der Waals surface area contributed by atoms with Gasteiger partial charge in [0.2, 0.25) is 5.91 Å². The molecule has 2 aromatic rings. The van der Waals surface area contributed by atoms with Gasteiger partial charge >= 0.3 is 0 Å². The summed E-state index contributed by atoms with van der Waals surface area (Å²) in [5, 5.41) is 0. The van der Waals surface area contributed by atoms with Crippen LogP contribution in [-0.4, -0.2) is 29.9 Å². The summed E-state index contributed by atoms with van der Waals surface area (Å²) in [4.78, 5) is 15.2. The van der Waals surface area contributed by atoms with E-state index >= 15 is 0 Å². The standard InChI is InChI=1S/C21H23FN2O.ClH/c22-17-9-4-8-16(12-17)21(10-5-11-21)20(25)24-13-18(19(23)14-24)15-6-2-1-3-7-15;/h1-4,6-9,12,18-19H,5,10-11,13-14,23H2;1H/t18-,19+;/m0./s1. The lowest BCUT2D eigenvalue weighted by Crippen LogP contribution is -2.50. The number of hydrogen-bond donors (Lipinski definition) is 1. The summed E-state index contributed by atoms with van der Waals surface area (Å²) < 4.78 is 13.7. The molecule has 0 spiro atoms. The van der Waals surface area contributed by atoms with Crippen molar-refractivity contribution in [1.29, 1.82) is 0 Å². The molecule has 1 saturated carbocycles. The number of amides is 1. The molecule has 1 aliphatic carbocycles. The van der Waals surface area contributed by atoms with Crippen LogP contribution in [0, 0.1) is 5.82 Å². The summed E-state index contributed by atoms with van der Waals surface area (Å²) in [5.41, 5.74) is 7.77. The summed E-state index contributed by atoms with van der Waals surface area (Å²) in [5.74, 6) is -0.00937. The molecule has 1 amide bonds. The number of carbonyl (C=O) groups excluding carboxylic acids is 1. The molecule has 1 aliphatic heterocycles. The number of halogens is 2. The van der Waals surface area contributed by atoms with Crippen LogP contribution in [0.15, 0.2) is 54.6 Å². The van der Waals surface area contributed by atoms with Gasteiger partial charge in [0.1, 0.15) is 5.82 Å². The Balaban J connectivity index is 0.00000196. The third-order valence-corrected chi connectivity index (χ3v) is 5.87. The van der Waals surface area contributed by atoms with Crippen LogP contribution < -0.4 is 5.73 Å². The van der Waals surface area contributed by atoms with Gasteiger partial charge < -0.3 is 10.6 Å². The van der Waals surface area contributed by atoms with E-state index in [0.717, 1.165) is 24.8 Å². The van der Waals surface area contributed by atoms with Gasteiger partial charge in [0.05, 0.1) is 5.41 Å². The van der Waals surface area contributed by atoms with Gasteiger partial charge in [0.15, 0.2) is 0 Å². The number of likely N-dealkylation sites (tertiary alicyclic amines) is 1. The number of benzene rings is 2. The molecule has 4 rings (SSSR count). The summed E-state index contributed by atoms with van der Waals surface area (Å²) in [6.07, 6.45) is 2.58. The number of rotatable bonds is 3. The van der Waals surface area contributed by atoms with E-state index in [1.54, 1.807) is 6.07 Å². The minimum Gasteiger partial charge on any atom is -0.340 e. The zero-order valence-corrected chi connectivity index (χ0v) is 15.4. The van der Waals surface area contributed by atoms with Gasteiger partial charge in [-0.15, -0.1) is 12.4 Å². The summed E-state index contributed by atoms with van der Waals surface area (Å²) in [7, 11) is 0. The molecule has 3 nitrogen and oxygen atoms in total. The van der Waals surface area contributed by atoms with Gasteiger partial charge in [-0.25, -0.2) is 4.39 Å². The maximum absolute atomic E-state index is 13.7. The maximum Gasteiger partial charge on any atom is 0.233 e. The first-order chi connectivity index (χ1) is 12.1. The molecule has 0 aromatic heterocycles. The van der Waals surface area contributed by atoms with Gasteiger partial charge in [-0.2, -0.15) is 0 Å². The Morgan fingerprint density at radius 2 is 1.81 bits per heavy atom. The number of hydrogen-bond acceptors (Lipinski definition) is 2. The van der Waals surface area contributed by atoms with Crippen LogP contribution in [0.2, 0.25) is 0 Å². The molecule has 5 heteroatoms. The summed E-state index contributed by atoms with van der Waals surface area (Å²) in [6.45, 7) is 1.20. The first-order valence-corrected chi connectivity index (χ1v) is 8.96. The predicted octanol–water partition coefficient (Wildman–Crippen LogP) is 3.62. The molecule has 2 atom stereocenters. The summed E-state index contributed by atoms with van der Waals surface area (Å²) >= 11 is 0. The smallest absolute Gasteiger partial charge is 0.233 e. The molecule has 2 N–H and O–H groups in total. The van der Waals surface area contributed by atoms with Crippen LogP contribution >= 0.6 is 12.4 Å². The first-order valence-electron chi connectivity index (χ1n) is 8.96. The van der Waals surface area contributed by atoms with Crippen LogP contribution in [0.5, 0.6) is 0 Å². The normalized spacial score (nSPS) is 23.8. The highest BCUT2D eigenvalue weighted by molar-refractivity contribution is 5.89. The molecule has 0 bridgehead atoms.